The molecular formula is C13H18ClNO5S. The first-order valence-electron chi connectivity index (χ1n) is 6.23. The van der Waals surface area contributed by atoms with Crippen molar-refractivity contribution in [1.82, 2.24) is 4.72 Å². The molecule has 1 aromatic carbocycles. The van der Waals surface area contributed by atoms with Crippen LogP contribution in [0.4, 0.5) is 0 Å². The van der Waals surface area contributed by atoms with Crippen molar-refractivity contribution in [3.63, 3.8) is 0 Å². The molecule has 6 nitrogen and oxygen atoms in total. The highest BCUT2D eigenvalue weighted by atomic mass is 35.5. The van der Waals surface area contributed by atoms with Crippen LogP contribution < -0.4 is 4.72 Å². The van der Waals surface area contributed by atoms with Crippen LogP contribution in [0.1, 0.15) is 24.2 Å². The van der Waals surface area contributed by atoms with Crippen molar-refractivity contribution in [2.75, 3.05) is 13.7 Å². The van der Waals surface area contributed by atoms with E-state index in [4.69, 9.17) is 21.4 Å². The molecule has 0 fully saturated rings. The molecule has 0 aromatic heterocycles. The van der Waals surface area contributed by atoms with Gasteiger partial charge in [-0.1, -0.05) is 25.4 Å². The SMILES string of the molecule is COCC(NS(=O)(=O)c1ccc(Cl)c(C(=O)O)c1)C(C)C. The van der Waals surface area contributed by atoms with Gasteiger partial charge in [0.05, 0.1) is 22.1 Å². The van der Waals surface area contributed by atoms with Crippen molar-refractivity contribution >= 4 is 27.6 Å². The van der Waals surface area contributed by atoms with Crippen LogP contribution in [0.5, 0.6) is 0 Å². The Morgan fingerprint density at radius 2 is 2.05 bits per heavy atom. The van der Waals surface area contributed by atoms with Crippen molar-refractivity contribution in [2.45, 2.75) is 24.8 Å². The largest absolute Gasteiger partial charge is 0.478 e. The van der Waals surface area contributed by atoms with Gasteiger partial charge >= 0.3 is 5.97 Å². The van der Waals surface area contributed by atoms with Crippen LogP contribution in [0.15, 0.2) is 23.1 Å². The molecule has 0 amide bonds. The molecule has 0 saturated heterocycles. The van der Waals surface area contributed by atoms with E-state index < -0.39 is 22.0 Å². The zero-order valence-electron chi connectivity index (χ0n) is 12.0. The topological polar surface area (TPSA) is 92.7 Å². The Morgan fingerprint density at radius 3 is 2.52 bits per heavy atom. The van der Waals surface area contributed by atoms with Crippen molar-refractivity contribution in [1.29, 1.82) is 0 Å². The molecule has 0 spiro atoms. The second-order valence-corrected chi connectivity index (χ2v) is 7.00. The predicted octanol–water partition coefficient (Wildman–Crippen LogP) is 1.99. The van der Waals surface area contributed by atoms with Crippen molar-refractivity contribution in [3.05, 3.63) is 28.8 Å². The molecular weight excluding hydrogens is 318 g/mol. The minimum atomic E-state index is -3.85. The summed E-state index contributed by atoms with van der Waals surface area (Å²) in [7, 11) is -2.37. The summed E-state index contributed by atoms with van der Waals surface area (Å²) in [6.07, 6.45) is 0. The third kappa shape index (κ3) is 4.67. The lowest BCUT2D eigenvalue weighted by atomic mass is 10.1. The highest BCUT2D eigenvalue weighted by Gasteiger charge is 2.24. The van der Waals surface area contributed by atoms with Gasteiger partial charge in [-0.3, -0.25) is 0 Å². The highest BCUT2D eigenvalue weighted by molar-refractivity contribution is 7.89. The molecule has 1 rings (SSSR count). The lowest BCUT2D eigenvalue weighted by molar-refractivity contribution is 0.0697. The van der Waals surface area contributed by atoms with E-state index in [0.717, 1.165) is 6.07 Å². The van der Waals surface area contributed by atoms with Crippen LogP contribution in [0.3, 0.4) is 0 Å². The van der Waals surface area contributed by atoms with Gasteiger partial charge in [-0.25, -0.2) is 17.9 Å². The summed E-state index contributed by atoms with van der Waals surface area (Å²) in [6, 6.07) is 3.14. The number of hydrogen-bond acceptors (Lipinski definition) is 4. The number of aromatic carboxylic acids is 1. The average Bonchev–Trinajstić information content (AvgIpc) is 2.37. The van der Waals surface area contributed by atoms with E-state index in [1.807, 2.05) is 13.8 Å². The highest BCUT2D eigenvalue weighted by Crippen LogP contribution is 2.21. The Balaban J connectivity index is 3.13. The summed E-state index contributed by atoms with van der Waals surface area (Å²) in [4.78, 5) is 10.9. The molecule has 0 aliphatic heterocycles. The Kier molecular flexibility index (Phi) is 6.15. The van der Waals surface area contributed by atoms with Crippen LogP contribution in [0.2, 0.25) is 5.02 Å². The van der Waals surface area contributed by atoms with Gasteiger partial charge in [0.2, 0.25) is 10.0 Å². The number of carboxylic acids is 1. The van der Waals surface area contributed by atoms with Gasteiger partial charge in [0.1, 0.15) is 0 Å². The van der Waals surface area contributed by atoms with Gasteiger partial charge in [-0.05, 0) is 24.1 Å². The molecule has 8 heteroatoms. The van der Waals surface area contributed by atoms with Gasteiger partial charge < -0.3 is 9.84 Å². The molecule has 1 atom stereocenters. The molecule has 0 saturated carbocycles. The molecule has 21 heavy (non-hydrogen) atoms. The maximum Gasteiger partial charge on any atom is 0.337 e. The molecule has 0 heterocycles. The Morgan fingerprint density at radius 1 is 1.43 bits per heavy atom. The van der Waals surface area contributed by atoms with Crippen molar-refractivity contribution in [3.8, 4) is 0 Å². The predicted molar refractivity (Wildman–Crippen MR) is 79.2 cm³/mol. The molecule has 1 aromatic rings. The van der Waals surface area contributed by atoms with E-state index in [1.165, 1.54) is 19.2 Å². The van der Waals surface area contributed by atoms with E-state index >= 15 is 0 Å². The maximum atomic E-state index is 12.3. The Labute approximate surface area is 129 Å². The summed E-state index contributed by atoms with van der Waals surface area (Å²) in [5.74, 6) is -1.26. The fourth-order valence-electron chi connectivity index (χ4n) is 1.64. The zero-order chi connectivity index (χ0) is 16.2. The van der Waals surface area contributed by atoms with Crippen LogP contribution in [-0.4, -0.2) is 39.3 Å². The summed E-state index contributed by atoms with van der Waals surface area (Å²) in [5.41, 5.74) is -0.257. The van der Waals surface area contributed by atoms with E-state index in [-0.39, 0.29) is 28.0 Å². The number of benzene rings is 1. The lowest BCUT2D eigenvalue weighted by Gasteiger charge is -2.21. The summed E-state index contributed by atoms with van der Waals surface area (Å²) >= 11 is 5.73. The van der Waals surface area contributed by atoms with E-state index in [0.29, 0.717) is 0 Å². The standard InChI is InChI=1S/C13H18ClNO5S/c1-8(2)12(7-20-3)15-21(18,19)9-4-5-11(14)10(6-9)13(16)17/h4-6,8,12,15H,7H2,1-3H3,(H,16,17). The second-order valence-electron chi connectivity index (χ2n) is 4.87. The lowest BCUT2D eigenvalue weighted by Crippen LogP contribution is -2.41. The number of methoxy groups -OCH3 is 1. The van der Waals surface area contributed by atoms with Gasteiger partial charge in [0.15, 0.2) is 0 Å². The minimum Gasteiger partial charge on any atom is -0.478 e. The minimum absolute atomic E-state index is 0.0150. The summed E-state index contributed by atoms with van der Waals surface area (Å²) in [5, 5.41) is 8.98. The molecule has 0 radical (unpaired) electrons. The second kappa shape index (κ2) is 7.22. The number of ether oxygens (including phenoxy) is 1. The number of sulfonamides is 1. The number of rotatable bonds is 7. The van der Waals surface area contributed by atoms with Gasteiger partial charge in [0, 0.05) is 13.2 Å². The van der Waals surface area contributed by atoms with E-state index in [9.17, 15) is 13.2 Å². The monoisotopic (exact) mass is 335 g/mol. The number of nitrogens with one attached hydrogen (secondary N) is 1. The number of carbonyl (C=O) groups is 1. The van der Waals surface area contributed by atoms with Crippen LogP contribution in [0, 0.1) is 5.92 Å². The smallest absolute Gasteiger partial charge is 0.337 e. The number of carboxylic acid groups (broad SMARTS) is 1. The summed E-state index contributed by atoms with van der Waals surface area (Å²) < 4.78 is 32.1. The van der Waals surface area contributed by atoms with E-state index in [2.05, 4.69) is 4.72 Å². The maximum absolute atomic E-state index is 12.3. The molecule has 0 aliphatic carbocycles. The Bertz CT molecular complexity index is 615. The van der Waals surface area contributed by atoms with Gasteiger partial charge in [0.25, 0.3) is 0 Å². The van der Waals surface area contributed by atoms with Crippen molar-refractivity contribution in [2.24, 2.45) is 5.92 Å². The van der Waals surface area contributed by atoms with Crippen molar-refractivity contribution < 1.29 is 23.1 Å². The van der Waals surface area contributed by atoms with Gasteiger partial charge in [-0.2, -0.15) is 0 Å². The Hall–Kier alpha value is -1.15. The fourth-order valence-corrected chi connectivity index (χ4v) is 3.24. The zero-order valence-corrected chi connectivity index (χ0v) is 13.5. The van der Waals surface area contributed by atoms with Crippen LogP contribution in [-0.2, 0) is 14.8 Å². The normalized spacial score (nSPS) is 13.4. The number of halogens is 1. The number of hydrogen-bond donors (Lipinski definition) is 2. The summed E-state index contributed by atoms with van der Waals surface area (Å²) in [6.45, 7) is 3.93. The van der Waals surface area contributed by atoms with Crippen LogP contribution >= 0.6 is 11.6 Å². The fraction of sp³-hybridized carbons (Fsp3) is 0.462. The van der Waals surface area contributed by atoms with Gasteiger partial charge in [-0.15, -0.1) is 0 Å². The van der Waals surface area contributed by atoms with E-state index in [1.54, 1.807) is 0 Å². The molecule has 118 valence electrons. The molecule has 1 unspecified atom stereocenters. The first-order valence-corrected chi connectivity index (χ1v) is 8.09. The first kappa shape index (κ1) is 17.9. The molecule has 0 bridgehead atoms. The third-order valence-corrected chi connectivity index (χ3v) is 4.75. The molecule has 0 aliphatic rings. The quantitative estimate of drug-likeness (QED) is 0.795. The third-order valence-electron chi connectivity index (χ3n) is 2.94. The van der Waals surface area contributed by atoms with Crippen LogP contribution in [0.25, 0.3) is 0 Å². The first-order chi connectivity index (χ1) is 9.69. The molecule has 2 N–H and O–H groups in total. The average molecular weight is 336 g/mol.